The van der Waals surface area contributed by atoms with Crippen LogP contribution in [0.1, 0.15) is 119 Å². The van der Waals surface area contributed by atoms with E-state index < -0.39 is 74.5 Å². The van der Waals surface area contributed by atoms with Crippen molar-refractivity contribution < 1.29 is 48.1 Å². The van der Waals surface area contributed by atoms with Gasteiger partial charge in [-0.2, -0.15) is 5.26 Å². The second kappa shape index (κ2) is 18.8. The number of carboxylic acids is 1. The van der Waals surface area contributed by atoms with Crippen LogP contribution in [0.3, 0.4) is 0 Å². The monoisotopic (exact) mass is 798 g/mol. The number of benzene rings is 1. The van der Waals surface area contributed by atoms with Crippen molar-refractivity contribution in [3.8, 4) is 6.07 Å². The van der Waals surface area contributed by atoms with Crippen molar-refractivity contribution in [1.29, 1.82) is 5.26 Å². The zero-order valence-electron chi connectivity index (χ0n) is 35.4. The van der Waals surface area contributed by atoms with Crippen molar-refractivity contribution in [3.05, 3.63) is 35.4 Å². The summed E-state index contributed by atoms with van der Waals surface area (Å²) in [6.45, 7) is 18.7. The third kappa shape index (κ3) is 12.4. The molecule has 0 bridgehead atoms. The van der Waals surface area contributed by atoms with Crippen molar-refractivity contribution >= 4 is 41.8 Å². The molecule has 16 nitrogen and oxygen atoms in total. The molecule has 0 saturated carbocycles. The summed E-state index contributed by atoms with van der Waals surface area (Å²) < 4.78 is 11.1. The maximum Gasteiger partial charge on any atom is 0.325 e. The summed E-state index contributed by atoms with van der Waals surface area (Å²) in [5.41, 5.74) is -5.45. The van der Waals surface area contributed by atoms with Crippen molar-refractivity contribution in [2.24, 2.45) is 16.2 Å². The molecular weight excluding hydrogens is 736 g/mol. The van der Waals surface area contributed by atoms with Crippen LogP contribution in [0.5, 0.6) is 0 Å². The minimum atomic E-state index is -1.34. The Labute approximate surface area is 336 Å². The minimum Gasteiger partial charge on any atom is -0.481 e. The minimum absolute atomic E-state index is 0.00610. The van der Waals surface area contributed by atoms with Crippen LogP contribution < -0.4 is 21.3 Å². The van der Waals surface area contributed by atoms with Gasteiger partial charge in [-0.3, -0.25) is 28.9 Å². The molecule has 1 aromatic carbocycles. The standard InChI is InChI=1S/C41H62N6O10/c1-12-39(9,31(50)51)25-41(11,33(53)56-13-2)26-40(10,24-36(3,4)32(52)57-22-20-43-29(48)17-18-42)28-16-14-15-27(23-28)37(5,6)45-34(54)44-19-21-47-30(49)38(7,8)46-35(47)55/h14-16,23H,12-13,17,19-22,24-26H2,1-11H3,(H,43,48)(H,46,55)(H,50,51)(H2,44,45,54). The summed E-state index contributed by atoms with van der Waals surface area (Å²) in [5.74, 6) is -3.09. The summed E-state index contributed by atoms with van der Waals surface area (Å²) in [4.78, 5) is 90.8. The number of carbonyl (C=O) groups is 7. The van der Waals surface area contributed by atoms with Crippen molar-refractivity contribution in [2.45, 2.75) is 125 Å². The van der Waals surface area contributed by atoms with E-state index in [0.29, 0.717) is 11.1 Å². The van der Waals surface area contributed by atoms with E-state index in [4.69, 9.17) is 14.7 Å². The number of imide groups is 1. The van der Waals surface area contributed by atoms with E-state index in [-0.39, 0.29) is 65.0 Å². The average molecular weight is 799 g/mol. The Morgan fingerprint density at radius 2 is 1.51 bits per heavy atom. The molecule has 316 valence electrons. The quantitative estimate of drug-likeness (QED) is 0.0653. The van der Waals surface area contributed by atoms with E-state index in [1.165, 1.54) is 0 Å². The highest BCUT2D eigenvalue weighted by atomic mass is 16.5. The molecule has 2 rings (SSSR count). The summed E-state index contributed by atoms with van der Waals surface area (Å²) in [6, 6.07) is 8.02. The summed E-state index contributed by atoms with van der Waals surface area (Å²) in [5, 5.41) is 29.8. The first-order valence-electron chi connectivity index (χ1n) is 19.2. The van der Waals surface area contributed by atoms with Gasteiger partial charge in [0.25, 0.3) is 5.91 Å². The number of hydrogen-bond acceptors (Lipinski definition) is 10. The van der Waals surface area contributed by atoms with Crippen LogP contribution in [0.15, 0.2) is 24.3 Å². The average Bonchev–Trinajstić information content (AvgIpc) is 3.30. The van der Waals surface area contributed by atoms with Crippen molar-refractivity contribution in [3.63, 3.8) is 0 Å². The van der Waals surface area contributed by atoms with Crippen LogP contribution in [-0.4, -0.2) is 90.2 Å². The first-order chi connectivity index (χ1) is 26.2. The predicted octanol–water partition coefficient (Wildman–Crippen LogP) is 4.65. The summed E-state index contributed by atoms with van der Waals surface area (Å²) >= 11 is 0. The molecule has 0 aromatic heterocycles. The van der Waals surface area contributed by atoms with Gasteiger partial charge in [-0.05, 0) is 105 Å². The van der Waals surface area contributed by atoms with Crippen molar-refractivity contribution in [2.75, 3.05) is 32.8 Å². The number of amides is 6. The Morgan fingerprint density at radius 1 is 0.877 bits per heavy atom. The van der Waals surface area contributed by atoms with Gasteiger partial charge in [-0.25, -0.2) is 9.59 Å². The Bertz CT molecular complexity index is 1740. The maximum absolute atomic E-state index is 13.9. The number of nitrogens with one attached hydrogen (secondary N) is 4. The molecule has 16 heteroatoms. The van der Waals surface area contributed by atoms with Crippen LogP contribution in [0.4, 0.5) is 9.59 Å². The van der Waals surface area contributed by atoms with Gasteiger partial charge in [0.15, 0.2) is 0 Å². The fourth-order valence-corrected chi connectivity index (χ4v) is 7.55. The summed E-state index contributed by atoms with van der Waals surface area (Å²) in [7, 11) is 0. The number of nitrogens with zero attached hydrogens (tertiary/aromatic N) is 2. The highest BCUT2D eigenvalue weighted by Gasteiger charge is 2.51. The third-order valence-electron chi connectivity index (χ3n) is 10.7. The fourth-order valence-electron chi connectivity index (χ4n) is 7.55. The van der Waals surface area contributed by atoms with Gasteiger partial charge in [-0.1, -0.05) is 38.1 Å². The normalized spacial score (nSPS) is 17.1. The number of carbonyl (C=O) groups excluding carboxylic acids is 6. The highest BCUT2D eigenvalue weighted by Crippen LogP contribution is 2.50. The Balaban J connectivity index is 2.51. The number of carboxylic acid groups (broad SMARTS) is 1. The first kappa shape index (κ1) is 48.0. The van der Waals surface area contributed by atoms with E-state index in [9.17, 15) is 38.7 Å². The molecule has 0 spiro atoms. The Kier molecular flexibility index (Phi) is 15.8. The lowest BCUT2D eigenvalue weighted by atomic mass is 9.59. The number of urea groups is 2. The molecule has 6 amide bonds. The van der Waals surface area contributed by atoms with Crippen LogP contribution in [-0.2, 0) is 44.4 Å². The topological polar surface area (TPSA) is 233 Å². The van der Waals surface area contributed by atoms with E-state index in [1.54, 1.807) is 81.4 Å². The molecule has 5 N–H and O–H groups in total. The first-order valence-corrected chi connectivity index (χ1v) is 19.2. The molecule has 1 saturated heterocycles. The van der Waals surface area contributed by atoms with Gasteiger partial charge in [0, 0.05) is 13.1 Å². The van der Waals surface area contributed by atoms with Crippen molar-refractivity contribution in [1.82, 2.24) is 26.2 Å². The molecule has 3 unspecified atom stereocenters. The number of rotatable bonds is 21. The fraction of sp³-hybridized carbons (Fsp3) is 0.659. The SMILES string of the molecule is CCOC(=O)C(C)(CC(C)(CC)C(=O)O)CC(C)(CC(C)(C)C(=O)OCCNC(=O)CC#N)c1cccc(C(C)(C)NC(=O)NCCN2C(=O)NC(C)(C)C2=O)c1. The van der Waals surface area contributed by atoms with E-state index in [2.05, 4.69) is 21.3 Å². The molecule has 3 atom stereocenters. The van der Waals surface area contributed by atoms with Gasteiger partial charge >= 0.3 is 30.0 Å². The summed E-state index contributed by atoms with van der Waals surface area (Å²) in [6.07, 6.45) is 0.0594. The number of nitriles is 1. The van der Waals surface area contributed by atoms with Crippen LogP contribution >= 0.6 is 0 Å². The number of ether oxygens (including phenoxy) is 2. The smallest absolute Gasteiger partial charge is 0.325 e. The highest BCUT2D eigenvalue weighted by molar-refractivity contribution is 6.06. The molecule has 1 heterocycles. The van der Waals surface area contributed by atoms with Gasteiger partial charge in [0.05, 0.1) is 41.0 Å². The number of aliphatic carboxylic acids is 1. The lowest BCUT2D eigenvalue weighted by molar-refractivity contribution is -0.162. The van der Waals surface area contributed by atoms with Gasteiger partial charge in [0.1, 0.15) is 18.6 Å². The molecule has 57 heavy (non-hydrogen) atoms. The van der Waals surface area contributed by atoms with Crippen LogP contribution in [0.2, 0.25) is 0 Å². The molecule has 0 aliphatic carbocycles. The van der Waals surface area contributed by atoms with E-state index in [0.717, 1.165) is 4.90 Å². The van der Waals surface area contributed by atoms with E-state index in [1.807, 2.05) is 25.1 Å². The predicted molar refractivity (Wildman–Crippen MR) is 210 cm³/mol. The second-order valence-corrected chi connectivity index (χ2v) is 17.4. The molecule has 1 aliphatic heterocycles. The van der Waals surface area contributed by atoms with Crippen LogP contribution in [0, 0.1) is 27.6 Å². The Hall–Kier alpha value is -5.20. The molecule has 1 aliphatic rings. The number of hydrogen-bond donors (Lipinski definition) is 5. The van der Waals surface area contributed by atoms with E-state index >= 15 is 0 Å². The Morgan fingerprint density at radius 3 is 2.05 bits per heavy atom. The van der Waals surface area contributed by atoms with Gasteiger partial charge < -0.3 is 35.8 Å². The third-order valence-corrected chi connectivity index (χ3v) is 10.7. The largest absolute Gasteiger partial charge is 0.481 e. The van der Waals surface area contributed by atoms with Gasteiger partial charge in [0.2, 0.25) is 5.91 Å². The molecule has 0 radical (unpaired) electrons. The zero-order valence-corrected chi connectivity index (χ0v) is 35.4. The maximum atomic E-state index is 13.9. The van der Waals surface area contributed by atoms with Crippen LogP contribution in [0.25, 0.3) is 0 Å². The lowest BCUT2D eigenvalue weighted by Crippen LogP contribution is -2.49. The number of esters is 2. The second-order valence-electron chi connectivity index (χ2n) is 17.4. The zero-order chi connectivity index (χ0) is 43.6. The molecule has 1 fully saturated rings. The molecular formula is C41H62N6O10. The lowest BCUT2D eigenvalue weighted by Gasteiger charge is -2.44. The van der Waals surface area contributed by atoms with Gasteiger partial charge in [-0.15, -0.1) is 0 Å². The molecule has 1 aromatic rings.